The average molecular weight is 415 g/mol. The number of benzene rings is 2. The number of hydrogen-bond acceptors (Lipinski definition) is 3. The maximum Gasteiger partial charge on any atom is 0.228 e. The lowest BCUT2D eigenvalue weighted by Gasteiger charge is -2.15. The maximum atomic E-state index is 12.4. The van der Waals surface area contributed by atoms with Crippen molar-refractivity contribution in [2.75, 3.05) is 18.5 Å². The van der Waals surface area contributed by atoms with E-state index in [1.807, 2.05) is 0 Å². The van der Waals surface area contributed by atoms with E-state index in [-0.39, 0.29) is 18.4 Å². The molecule has 3 rings (SSSR count). The molecule has 2 aromatic rings. The molecule has 1 heterocycles. The van der Waals surface area contributed by atoms with Gasteiger partial charge in [0.2, 0.25) is 5.91 Å². The summed E-state index contributed by atoms with van der Waals surface area (Å²) in [7, 11) is 0. The fourth-order valence-electron chi connectivity index (χ4n) is 2.71. The van der Waals surface area contributed by atoms with Crippen LogP contribution in [-0.4, -0.2) is 25.2 Å². The van der Waals surface area contributed by atoms with Crippen LogP contribution in [0.3, 0.4) is 0 Å². The number of carbonyl (C=O) groups is 1. The molecule has 1 aliphatic heterocycles. The van der Waals surface area contributed by atoms with Gasteiger partial charge in [0.15, 0.2) is 0 Å². The van der Waals surface area contributed by atoms with Crippen LogP contribution in [0.5, 0.6) is 5.75 Å². The van der Waals surface area contributed by atoms with Crippen LogP contribution < -0.4 is 10.1 Å². The van der Waals surface area contributed by atoms with Gasteiger partial charge in [-0.25, -0.2) is 0 Å². The van der Waals surface area contributed by atoms with Crippen LogP contribution in [0.1, 0.15) is 18.4 Å². The largest absolute Gasteiger partial charge is 0.489 e. The summed E-state index contributed by atoms with van der Waals surface area (Å²) in [6.07, 6.45) is 2.27. The zero-order valence-corrected chi connectivity index (χ0v) is 16.2. The fourth-order valence-corrected chi connectivity index (χ4v) is 3.21. The molecule has 1 unspecified atom stereocenters. The summed E-state index contributed by atoms with van der Waals surface area (Å²) in [6, 6.07) is 10.2. The van der Waals surface area contributed by atoms with E-state index in [0.29, 0.717) is 33.1 Å². The highest BCUT2D eigenvalue weighted by molar-refractivity contribution is 6.42. The molecule has 7 heteroatoms. The summed E-state index contributed by atoms with van der Waals surface area (Å²) in [4.78, 5) is 12.4. The highest BCUT2D eigenvalue weighted by Crippen LogP contribution is 2.29. The third-order valence-corrected chi connectivity index (χ3v) is 4.99. The first-order valence-electron chi connectivity index (χ1n) is 8.29. The molecule has 2 aromatic carbocycles. The van der Waals surface area contributed by atoms with Gasteiger partial charge < -0.3 is 14.8 Å². The highest BCUT2D eigenvalue weighted by Gasteiger charge is 2.17. The molecule has 0 aliphatic carbocycles. The molecule has 0 aromatic heterocycles. The van der Waals surface area contributed by atoms with Gasteiger partial charge in [-0.15, -0.1) is 0 Å². The van der Waals surface area contributed by atoms with E-state index in [4.69, 9.17) is 44.3 Å². The van der Waals surface area contributed by atoms with E-state index < -0.39 is 0 Å². The van der Waals surface area contributed by atoms with Crippen LogP contribution in [0.15, 0.2) is 36.4 Å². The monoisotopic (exact) mass is 413 g/mol. The minimum Gasteiger partial charge on any atom is -0.489 e. The van der Waals surface area contributed by atoms with E-state index in [2.05, 4.69) is 5.32 Å². The molecule has 4 nitrogen and oxygen atoms in total. The minimum absolute atomic E-state index is 0.0884. The van der Waals surface area contributed by atoms with Gasteiger partial charge >= 0.3 is 0 Å². The fraction of sp³-hybridized carbons (Fsp3) is 0.316. The van der Waals surface area contributed by atoms with Crippen molar-refractivity contribution in [3.05, 3.63) is 57.0 Å². The van der Waals surface area contributed by atoms with Gasteiger partial charge in [0.25, 0.3) is 0 Å². The Bertz CT molecular complexity index is 792. The van der Waals surface area contributed by atoms with Crippen LogP contribution in [-0.2, 0) is 16.0 Å². The first-order valence-corrected chi connectivity index (χ1v) is 9.42. The number of carbonyl (C=O) groups excluding carboxylic acids is 1. The van der Waals surface area contributed by atoms with E-state index in [9.17, 15) is 4.79 Å². The Morgan fingerprint density at radius 2 is 2.00 bits per heavy atom. The number of ether oxygens (including phenoxy) is 2. The van der Waals surface area contributed by atoms with Crippen molar-refractivity contribution in [1.82, 2.24) is 0 Å². The van der Waals surface area contributed by atoms with Gasteiger partial charge in [-0.3, -0.25) is 4.79 Å². The van der Waals surface area contributed by atoms with Crippen molar-refractivity contribution in [1.29, 1.82) is 0 Å². The Labute approximate surface area is 167 Å². The van der Waals surface area contributed by atoms with Crippen molar-refractivity contribution in [3.63, 3.8) is 0 Å². The van der Waals surface area contributed by atoms with E-state index in [1.165, 1.54) is 0 Å². The summed E-state index contributed by atoms with van der Waals surface area (Å²) in [6.45, 7) is 1.21. The number of rotatable bonds is 6. The van der Waals surface area contributed by atoms with Crippen molar-refractivity contribution < 1.29 is 14.3 Å². The molecule has 1 atom stereocenters. The second kappa shape index (κ2) is 8.96. The molecule has 0 bridgehead atoms. The molecule has 138 valence electrons. The lowest BCUT2D eigenvalue weighted by atomic mass is 10.1. The standard InChI is InChI=1S/C19H18Cl3NO3/c20-13-4-6-18(26-11-14-2-1-7-25-14)17(10-13)23-19(24)9-12-3-5-15(21)16(22)8-12/h3-6,8,10,14H,1-2,7,9,11H2,(H,23,24). The Morgan fingerprint density at radius 1 is 1.15 bits per heavy atom. The number of hydrogen-bond donors (Lipinski definition) is 1. The predicted molar refractivity (Wildman–Crippen MR) is 105 cm³/mol. The van der Waals surface area contributed by atoms with Crippen LogP contribution in [0.2, 0.25) is 15.1 Å². The normalized spacial score (nSPS) is 16.5. The molecule has 1 amide bonds. The van der Waals surface area contributed by atoms with Gasteiger partial charge in [0.05, 0.1) is 28.3 Å². The Hall–Kier alpha value is -1.46. The minimum atomic E-state index is -0.201. The molecule has 0 saturated carbocycles. The van der Waals surface area contributed by atoms with E-state index in [0.717, 1.165) is 25.0 Å². The first-order chi connectivity index (χ1) is 12.5. The van der Waals surface area contributed by atoms with Crippen LogP contribution in [0.25, 0.3) is 0 Å². The first kappa shape index (κ1) is 19.3. The number of halogens is 3. The predicted octanol–water partition coefficient (Wildman–Crippen LogP) is 5.39. The quantitative estimate of drug-likeness (QED) is 0.690. The smallest absolute Gasteiger partial charge is 0.228 e. The van der Waals surface area contributed by atoms with Gasteiger partial charge in [0, 0.05) is 11.6 Å². The Kier molecular flexibility index (Phi) is 6.65. The molecule has 0 radical (unpaired) electrons. The zero-order valence-electron chi connectivity index (χ0n) is 13.9. The van der Waals surface area contributed by atoms with Crippen LogP contribution in [0.4, 0.5) is 5.69 Å². The highest BCUT2D eigenvalue weighted by atomic mass is 35.5. The van der Waals surface area contributed by atoms with Crippen molar-refractivity contribution in [2.45, 2.75) is 25.4 Å². The number of anilines is 1. The van der Waals surface area contributed by atoms with E-state index in [1.54, 1.807) is 36.4 Å². The number of nitrogens with one attached hydrogen (secondary N) is 1. The second-order valence-corrected chi connectivity index (χ2v) is 7.31. The van der Waals surface area contributed by atoms with Crippen LogP contribution in [0, 0.1) is 0 Å². The summed E-state index contributed by atoms with van der Waals surface area (Å²) in [5.41, 5.74) is 1.29. The molecule has 0 spiro atoms. The van der Waals surface area contributed by atoms with Crippen molar-refractivity contribution in [3.8, 4) is 5.75 Å². The molecular weight excluding hydrogens is 397 g/mol. The third-order valence-electron chi connectivity index (χ3n) is 4.01. The average Bonchev–Trinajstić information content (AvgIpc) is 3.11. The summed E-state index contributed by atoms with van der Waals surface area (Å²) >= 11 is 18.0. The van der Waals surface area contributed by atoms with E-state index >= 15 is 0 Å². The Morgan fingerprint density at radius 3 is 2.73 bits per heavy atom. The van der Waals surface area contributed by atoms with Crippen molar-refractivity contribution >= 4 is 46.4 Å². The van der Waals surface area contributed by atoms with Gasteiger partial charge in [-0.05, 0) is 48.7 Å². The summed E-state index contributed by atoms with van der Waals surface area (Å²) in [5.74, 6) is 0.361. The lowest BCUT2D eigenvalue weighted by Crippen LogP contribution is -2.18. The molecule has 1 N–H and O–H groups in total. The summed E-state index contributed by atoms with van der Waals surface area (Å²) in [5, 5.41) is 4.23. The Balaban J connectivity index is 1.66. The second-order valence-electron chi connectivity index (χ2n) is 6.06. The molecule has 26 heavy (non-hydrogen) atoms. The molecule has 1 saturated heterocycles. The third kappa shape index (κ3) is 5.27. The molecule has 1 aliphatic rings. The van der Waals surface area contributed by atoms with Crippen LogP contribution >= 0.6 is 34.8 Å². The molecule has 1 fully saturated rings. The zero-order chi connectivity index (χ0) is 18.5. The topological polar surface area (TPSA) is 47.6 Å². The lowest BCUT2D eigenvalue weighted by molar-refractivity contribution is -0.115. The maximum absolute atomic E-state index is 12.4. The van der Waals surface area contributed by atoms with Gasteiger partial charge in [0.1, 0.15) is 12.4 Å². The van der Waals surface area contributed by atoms with Gasteiger partial charge in [-0.2, -0.15) is 0 Å². The molecular formula is C19H18Cl3NO3. The summed E-state index contributed by atoms with van der Waals surface area (Å²) < 4.78 is 11.4. The SMILES string of the molecule is O=C(Cc1ccc(Cl)c(Cl)c1)Nc1cc(Cl)ccc1OCC1CCCO1. The van der Waals surface area contributed by atoms with Crippen molar-refractivity contribution in [2.24, 2.45) is 0 Å². The number of amides is 1. The van der Waals surface area contributed by atoms with Gasteiger partial charge in [-0.1, -0.05) is 40.9 Å².